The molecule has 0 spiro atoms. The van der Waals surface area contributed by atoms with E-state index in [4.69, 9.17) is 13.9 Å². The smallest absolute Gasteiger partial charge is 0.372 e. The number of carboxylic acids is 1. The molecular weight excluding hydrogens is 308 g/mol. The monoisotopic (exact) mass is 324 g/mol. The quantitative estimate of drug-likeness (QED) is 0.756. The lowest BCUT2D eigenvalue weighted by molar-refractivity contribution is 0.0663. The van der Waals surface area contributed by atoms with E-state index in [-0.39, 0.29) is 5.76 Å². The number of benzene rings is 2. The number of methoxy groups -OCH3 is 2. The molecule has 0 radical (unpaired) electrons. The van der Waals surface area contributed by atoms with E-state index < -0.39 is 5.97 Å². The number of rotatable bonds is 5. The predicted octanol–water partition coefficient (Wildman–Crippen LogP) is 4.33. The lowest BCUT2D eigenvalue weighted by Gasteiger charge is -2.07. The summed E-state index contributed by atoms with van der Waals surface area (Å²) in [4.78, 5) is 11.5. The first-order chi connectivity index (χ1) is 11.6. The Hall–Kier alpha value is -3.21. The fraction of sp³-hybridized carbons (Fsp3) is 0.105. The summed E-state index contributed by atoms with van der Waals surface area (Å²) in [5, 5.41) is 9.43. The van der Waals surface area contributed by atoms with Gasteiger partial charge in [-0.3, -0.25) is 0 Å². The average Bonchev–Trinajstić information content (AvgIpc) is 3.07. The third-order valence-electron chi connectivity index (χ3n) is 3.76. The number of ether oxygens (including phenoxy) is 2. The molecule has 5 nitrogen and oxygen atoms in total. The van der Waals surface area contributed by atoms with Gasteiger partial charge >= 0.3 is 5.97 Å². The first-order valence-corrected chi connectivity index (χ1v) is 7.27. The van der Waals surface area contributed by atoms with Gasteiger partial charge in [-0.05, 0) is 35.4 Å². The molecule has 0 aliphatic rings. The van der Waals surface area contributed by atoms with Crippen LogP contribution in [0.15, 0.2) is 59.2 Å². The van der Waals surface area contributed by atoms with Crippen molar-refractivity contribution in [2.45, 2.75) is 0 Å². The van der Waals surface area contributed by atoms with Crippen LogP contribution in [-0.4, -0.2) is 25.3 Å². The van der Waals surface area contributed by atoms with Gasteiger partial charge in [0.1, 0.15) is 17.8 Å². The topological polar surface area (TPSA) is 68.9 Å². The van der Waals surface area contributed by atoms with Gasteiger partial charge in [0.15, 0.2) is 0 Å². The molecule has 24 heavy (non-hydrogen) atoms. The summed E-state index contributed by atoms with van der Waals surface area (Å²) in [6.45, 7) is 0. The fourth-order valence-corrected chi connectivity index (χ4v) is 2.54. The van der Waals surface area contributed by atoms with Crippen LogP contribution in [0.5, 0.6) is 11.5 Å². The minimum absolute atomic E-state index is 0.0917. The summed E-state index contributed by atoms with van der Waals surface area (Å²) < 4.78 is 15.6. The van der Waals surface area contributed by atoms with Crippen LogP contribution in [0.1, 0.15) is 10.6 Å². The molecule has 5 heteroatoms. The lowest BCUT2D eigenvalue weighted by atomic mass is 9.96. The fourth-order valence-electron chi connectivity index (χ4n) is 2.54. The van der Waals surface area contributed by atoms with Crippen LogP contribution in [0.2, 0.25) is 0 Å². The largest absolute Gasteiger partial charge is 0.497 e. The molecule has 0 saturated heterocycles. The highest BCUT2D eigenvalue weighted by molar-refractivity contribution is 5.99. The van der Waals surface area contributed by atoms with Crippen LogP contribution < -0.4 is 9.47 Å². The van der Waals surface area contributed by atoms with E-state index in [1.807, 2.05) is 36.4 Å². The molecular formula is C19H16O5. The van der Waals surface area contributed by atoms with Crippen LogP contribution in [0.25, 0.3) is 22.3 Å². The van der Waals surface area contributed by atoms with Crippen molar-refractivity contribution < 1.29 is 23.8 Å². The Morgan fingerprint density at radius 3 is 1.83 bits per heavy atom. The van der Waals surface area contributed by atoms with Gasteiger partial charge in [-0.2, -0.15) is 0 Å². The van der Waals surface area contributed by atoms with Crippen molar-refractivity contribution in [2.24, 2.45) is 0 Å². The number of hydrogen-bond acceptors (Lipinski definition) is 4. The third-order valence-corrected chi connectivity index (χ3v) is 3.76. The van der Waals surface area contributed by atoms with Crippen molar-refractivity contribution in [1.29, 1.82) is 0 Å². The summed E-state index contributed by atoms with van der Waals surface area (Å²) in [6.07, 6.45) is 1.46. The molecule has 0 fully saturated rings. The number of carboxylic acid groups (broad SMARTS) is 1. The highest BCUT2D eigenvalue weighted by atomic mass is 16.5. The zero-order valence-electron chi connectivity index (χ0n) is 13.3. The molecule has 0 saturated carbocycles. The maximum absolute atomic E-state index is 11.5. The maximum Gasteiger partial charge on any atom is 0.372 e. The van der Waals surface area contributed by atoms with Gasteiger partial charge in [0.2, 0.25) is 5.76 Å². The molecule has 0 amide bonds. The minimum Gasteiger partial charge on any atom is -0.497 e. The molecule has 0 bridgehead atoms. The standard InChI is InChI=1S/C19H16O5/c1-22-14-7-3-12(4-8-14)16-11-24-18(19(20)21)17(16)13-5-9-15(23-2)10-6-13/h3-11H,1-2H3,(H,20,21). The first kappa shape index (κ1) is 15.7. The van der Waals surface area contributed by atoms with Crippen LogP contribution in [0.4, 0.5) is 0 Å². The molecule has 0 aliphatic carbocycles. The molecule has 2 aromatic carbocycles. The van der Waals surface area contributed by atoms with E-state index in [9.17, 15) is 9.90 Å². The van der Waals surface area contributed by atoms with Gasteiger partial charge < -0.3 is 19.0 Å². The molecule has 3 aromatic rings. The Morgan fingerprint density at radius 2 is 1.38 bits per heavy atom. The molecule has 122 valence electrons. The van der Waals surface area contributed by atoms with Gasteiger partial charge in [-0.1, -0.05) is 24.3 Å². The zero-order chi connectivity index (χ0) is 17.1. The minimum atomic E-state index is -1.11. The summed E-state index contributed by atoms with van der Waals surface area (Å²) in [5.74, 6) is 0.225. The van der Waals surface area contributed by atoms with Crippen LogP contribution in [0.3, 0.4) is 0 Å². The second-order valence-electron chi connectivity index (χ2n) is 5.12. The van der Waals surface area contributed by atoms with E-state index in [2.05, 4.69) is 0 Å². The Labute approximate surface area is 139 Å². The average molecular weight is 324 g/mol. The van der Waals surface area contributed by atoms with E-state index in [1.165, 1.54) is 6.26 Å². The van der Waals surface area contributed by atoms with Crippen molar-refractivity contribution in [3.8, 4) is 33.8 Å². The zero-order valence-corrected chi connectivity index (χ0v) is 13.3. The van der Waals surface area contributed by atoms with Gasteiger partial charge in [0.25, 0.3) is 0 Å². The van der Waals surface area contributed by atoms with E-state index >= 15 is 0 Å². The van der Waals surface area contributed by atoms with E-state index in [1.54, 1.807) is 26.4 Å². The lowest BCUT2D eigenvalue weighted by Crippen LogP contribution is -1.97. The van der Waals surface area contributed by atoms with Crippen molar-refractivity contribution in [3.05, 3.63) is 60.6 Å². The van der Waals surface area contributed by atoms with Crippen LogP contribution in [0, 0.1) is 0 Å². The van der Waals surface area contributed by atoms with Crippen molar-refractivity contribution in [2.75, 3.05) is 14.2 Å². The highest BCUT2D eigenvalue weighted by Crippen LogP contribution is 2.37. The highest BCUT2D eigenvalue weighted by Gasteiger charge is 2.22. The predicted molar refractivity (Wildman–Crippen MR) is 89.6 cm³/mol. The molecule has 0 unspecified atom stereocenters. The van der Waals surface area contributed by atoms with Crippen LogP contribution >= 0.6 is 0 Å². The summed E-state index contributed by atoms with van der Waals surface area (Å²) >= 11 is 0. The van der Waals surface area contributed by atoms with Crippen molar-refractivity contribution in [3.63, 3.8) is 0 Å². The summed E-state index contributed by atoms with van der Waals surface area (Å²) in [6, 6.07) is 14.6. The Balaban J connectivity index is 2.14. The van der Waals surface area contributed by atoms with Crippen molar-refractivity contribution in [1.82, 2.24) is 0 Å². The summed E-state index contributed by atoms with van der Waals surface area (Å²) in [7, 11) is 3.18. The number of hydrogen-bond donors (Lipinski definition) is 1. The number of furan rings is 1. The Kier molecular flexibility index (Phi) is 4.24. The van der Waals surface area contributed by atoms with Gasteiger partial charge in [0.05, 0.1) is 14.2 Å². The molecule has 0 aliphatic heterocycles. The Bertz CT molecular complexity index is 844. The molecule has 1 aromatic heterocycles. The molecule has 1 heterocycles. The van der Waals surface area contributed by atoms with Gasteiger partial charge in [-0.25, -0.2) is 4.79 Å². The Morgan fingerprint density at radius 1 is 0.875 bits per heavy atom. The number of carbonyl (C=O) groups is 1. The normalized spacial score (nSPS) is 10.4. The maximum atomic E-state index is 11.5. The molecule has 1 N–H and O–H groups in total. The molecule has 0 atom stereocenters. The van der Waals surface area contributed by atoms with Gasteiger partial charge in [0, 0.05) is 11.1 Å². The van der Waals surface area contributed by atoms with Crippen molar-refractivity contribution >= 4 is 5.97 Å². The van der Waals surface area contributed by atoms with Gasteiger partial charge in [-0.15, -0.1) is 0 Å². The SMILES string of the molecule is COc1ccc(-c2coc(C(=O)O)c2-c2ccc(OC)cc2)cc1. The van der Waals surface area contributed by atoms with E-state index in [0.717, 1.165) is 16.9 Å². The van der Waals surface area contributed by atoms with Crippen LogP contribution in [-0.2, 0) is 0 Å². The third kappa shape index (κ3) is 2.84. The first-order valence-electron chi connectivity index (χ1n) is 7.27. The second kappa shape index (κ2) is 6.50. The summed E-state index contributed by atoms with van der Waals surface area (Å²) in [5.41, 5.74) is 2.83. The second-order valence-corrected chi connectivity index (χ2v) is 5.12. The molecule has 3 rings (SSSR count). The number of aromatic carboxylic acids is 1. The van der Waals surface area contributed by atoms with E-state index in [0.29, 0.717) is 16.9 Å².